The maximum atomic E-state index is 10.9. The molecule has 0 aliphatic carbocycles. The van der Waals surface area contributed by atoms with E-state index in [2.05, 4.69) is 5.32 Å². The van der Waals surface area contributed by atoms with E-state index in [0.29, 0.717) is 17.3 Å². The number of hydrogen-bond acceptors (Lipinski definition) is 4. The quantitative estimate of drug-likeness (QED) is 0.673. The molecule has 5 nitrogen and oxygen atoms in total. The van der Waals surface area contributed by atoms with Crippen molar-refractivity contribution in [1.29, 1.82) is 0 Å². The highest BCUT2D eigenvalue weighted by atomic mass is 35.5. The Bertz CT molecular complexity index is 632. The molecular formula is C14H13ClN2O3. The van der Waals surface area contributed by atoms with Crippen LogP contribution in [0.15, 0.2) is 42.5 Å². The molecule has 2 aromatic rings. The fraction of sp³-hybridized carbons (Fsp3) is 0.143. The van der Waals surface area contributed by atoms with Gasteiger partial charge in [-0.15, -0.1) is 0 Å². The van der Waals surface area contributed by atoms with E-state index < -0.39 is 4.92 Å². The standard InChI is InChI=1S/C14H13ClN2O3/c1-16-9-10-6-7-13(11(15)8-10)20-14-5-3-2-4-12(14)17(18)19/h2-8,16H,9H2,1H3. The Kier molecular flexibility index (Phi) is 4.55. The van der Waals surface area contributed by atoms with Crippen molar-refractivity contribution in [3.05, 3.63) is 63.2 Å². The first kappa shape index (κ1) is 14.3. The molecule has 0 heterocycles. The minimum atomic E-state index is -0.487. The lowest BCUT2D eigenvalue weighted by Crippen LogP contribution is -2.04. The van der Waals surface area contributed by atoms with Crippen molar-refractivity contribution in [3.63, 3.8) is 0 Å². The molecule has 104 valence electrons. The first-order valence-corrected chi connectivity index (χ1v) is 6.34. The third kappa shape index (κ3) is 3.26. The topological polar surface area (TPSA) is 64.4 Å². The molecule has 0 saturated carbocycles. The van der Waals surface area contributed by atoms with Gasteiger partial charge in [0.2, 0.25) is 5.75 Å². The zero-order valence-corrected chi connectivity index (χ0v) is 11.6. The second-order valence-electron chi connectivity index (χ2n) is 4.12. The van der Waals surface area contributed by atoms with Crippen LogP contribution in [0, 0.1) is 10.1 Å². The van der Waals surface area contributed by atoms with Gasteiger partial charge in [0, 0.05) is 12.6 Å². The lowest BCUT2D eigenvalue weighted by molar-refractivity contribution is -0.385. The van der Waals surface area contributed by atoms with E-state index >= 15 is 0 Å². The van der Waals surface area contributed by atoms with Gasteiger partial charge in [0.15, 0.2) is 0 Å². The number of benzene rings is 2. The van der Waals surface area contributed by atoms with Crippen LogP contribution in [-0.2, 0) is 6.54 Å². The predicted octanol–water partition coefficient (Wildman–Crippen LogP) is 3.76. The van der Waals surface area contributed by atoms with Crippen LogP contribution < -0.4 is 10.1 Å². The monoisotopic (exact) mass is 292 g/mol. The van der Waals surface area contributed by atoms with Gasteiger partial charge in [-0.2, -0.15) is 0 Å². The molecule has 2 rings (SSSR count). The number of ether oxygens (including phenoxy) is 1. The number of hydrogen-bond donors (Lipinski definition) is 1. The van der Waals surface area contributed by atoms with Gasteiger partial charge in [-0.3, -0.25) is 10.1 Å². The van der Waals surface area contributed by atoms with E-state index in [1.165, 1.54) is 12.1 Å². The molecule has 0 aliphatic rings. The maximum absolute atomic E-state index is 10.9. The second-order valence-corrected chi connectivity index (χ2v) is 4.53. The lowest BCUT2D eigenvalue weighted by atomic mass is 10.2. The number of nitrogens with zero attached hydrogens (tertiary/aromatic N) is 1. The molecule has 6 heteroatoms. The molecule has 0 saturated heterocycles. The number of nitro benzene ring substituents is 1. The van der Waals surface area contributed by atoms with Gasteiger partial charge in [0.05, 0.1) is 9.95 Å². The highest BCUT2D eigenvalue weighted by Gasteiger charge is 2.15. The Morgan fingerprint density at radius 2 is 2.00 bits per heavy atom. The summed E-state index contributed by atoms with van der Waals surface area (Å²) < 4.78 is 5.54. The third-order valence-corrected chi connectivity index (χ3v) is 2.95. The lowest BCUT2D eigenvalue weighted by Gasteiger charge is -2.09. The first-order valence-electron chi connectivity index (χ1n) is 5.96. The van der Waals surface area contributed by atoms with Crippen LogP contribution in [0.5, 0.6) is 11.5 Å². The highest BCUT2D eigenvalue weighted by molar-refractivity contribution is 6.32. The summed E-state index contributed by atoms with van der Waals surface area (Å²) in [6, 6.07) is 11.5. The van der Waals surface area contributed by atoms with E-state index in [0.717, 1.165) is 5.56 Å². The average molecular weight is 293 g/mol. The normalized spacial score (nSPS) is 10.3. The van der Waals surface area contributed by atoms with E-state index in [-0.39, 0.29) is 11.4 Å². The smallest absolute Gasteiger partial charge is 0.311 e. The highest BCUT2D eigenvalue weighted by Crippen LogP contribution is 2.34. The van der Waals surface area contributed by atoms with Crippen molar-refractivity contribution in [2.45, 2.75) is 6.54 Å². The Balaban J connectivity index is 2.29. The van der Waals surface area contributed by atoms with E-state index in [4.69, 9.17) is 16.3 Å². The van der Waals surface area contributed by atoms with Crippen molar-refractivity contribution in [2.75, 3.05) is 7.05 Å². The van der Waals surface area contributed by atoms with Gasteiger partial charge in [-0.1, -0.05) is 29.8 Å². The van der Waals surface area contributed by atoms with Gasteiger partial charge in [0.1, 0.15) is 5.75 Å². The molecule has 0 aliphatic heterocycles. The largest absolute Gasteiger partial charge is 0.449 e. The van der Waals surface area contributed by atoms with Crippen molar-refractivity contribution in [3.8, 4) is 11.5 Å². The Morgan fingerprint density at radius 1 is 1.25 bits per heavy atom. The zero-order valence-electron chi connectivity index (χ0n) is 10.8. The van der Waals surface area contributed by atoms with Crippen LogP contribution in [0.4, 0.5) is 5.69 Å². The fourth-order valence-electron chi connectivity index (χ4n) is 1.75. The summed E-state index contributed by atoms with van der Waals surface area (Å²) in [5.74, 6) is 0.557. The number of rotatable bonds is 5. The van der Waals surface area contributed by atoms with Crippen LogP contribution in [0.25, 0.3) is 0 Å². The van der Waals surface area contributed by atoms with Crippen molar-refractivity contribution in [1.82, 2.24) is 5.32 Å². The maximum Gasteiger partial charge on any atom is 0.311 e. The summed E-state index contributed by atoms with van der Waals surface area (Å²) >= 11 is 6.12. The molecular weight excluding hydrogens is 280 g/mol. The molecule has 0 bridgehead atoms. The second kappa shape index (κ2) is 6.36. The van der Waals surface area contributed by atoms with Gasteiger partial charge in [-0.25, -0.2) is 0 Å². The molecule has 20 heavy (non-hydrogen) atoms. The minimum Gasteiger partial charge on any atom is -0.449 e. The number of nitrogens with one attached hydrogen (secondary N) is 1. The Morgan fingerprint density at radius 3 is 2.65 bits per heavy atom. The van der Waals surface area contributed by atoms with Crippen molar-refractivity contribution >= 4 is 17.3 Å². The molecule has 0 spiro atoms. The van der Waals surface area contributed by atoms with Gasteiger partial charge in [-0.05, 0) is 30.8 Å². The Labute approximate surface area is 121 Å². The zero-order chi connectivity index (χ0) is 14.5. The molecule has 0 aromatic heterocycles. The summed E-state index contributed by atoms with van der Waals surface area (Å²) in [5, 5.41) is 14.3. The summed E-state index contributed by atoms with van der Waals surface area (Å²) in [5.41, 5.74) is 0.912. The average Bonchev–Trinajstić information content (AvgIpc) is 2.42. The minimum absolute atomic E-state index is 0.0946. The summed E-state index contributed by atoms with van der Waals surface area (Å²) in [7, 11) is 1.84. The van der Waals surface area contributed by atoms with Crippen LogP contribution in [0.3, 0.4) is 0 Å². The molecule has 0 fully saturated rings. The molecule has 0 atom stereocenters. The Hall–Kier alpha value is -2.11. The van der Waals surface area contributed by atoms with Crippen LogP contribution >= 0.6 is 11.6 Å². The van der Waals surface area contributed by atoms with Crippen LogP contribution in [0.2, 0.25) is 5.02 Å². The number of para-hydroxylation sites is 2. The van der Waals surface area contributed by atoms with Crippen molar-refractivity contribution < 1.29 is 9.66 Å². The fourth-order valence-corrected chi connectivity index (χ4v) is 2.00. The van der Waals surface area contributed by atoms with E-state index in [1.807, 2.05) is 13.1 Å². The van der Waals surface area contributed by atoms with Gasteiger partial charge in [0.25, 0.3) is 0 Å². The van der Waals surface area contributed by atoms with Crippen LogP contribution in [0.1, 0.15) is 5.56 Å². The first-order chi connectivity index (χ1) is 9.61. The van der Waals surface area contributed by atoms with E-state index in [1.54, 1.807) is 24.3 Å². The van der Waals surface area contributed by atoms with Gasteiger partial charge < -0.3 is 10.1 Å². The summed E-state index contributed by atoms with van der Waals surface area (Å²) in [6.07, 6.45) is 0. The molecule has 2 aromatic carbocycles. The number of halogens is 1. The van der Waals surface area contributed by atoms with E-state index in [9.17, 15) is 10.1 Å². The summed E-state index contributed by atoms with van der Waals surface area (Å²) in [4.78, 5) is 10.4. The molecule has 0 radical (unpaired) electrons. The number of nitro groups is 1. The SMILES string of the molecule is CNCc1ccc(Oc2ccccc2[N+](=O)[O-])c(Cl)c1. The van der Waals surface area contributed by atoms with Crippen molar-refractivity contribution in [2.24, 2.45) is 0 Å². The molecule has 1 N–H and O–H groups in total. The predicted molar refractivity (Wildman–Crippen MR) is 77.4 cm³/mol. The van der Waals surface area contributed by atoms with Crippen LogP contribution in [-0.4, -0.2) is 12.0 Å². The summed E-state index contributed by atoms with van der Waals surface area (Å²) in [6.45, 7) is 0.686. The molecule has 0 amide bonds. The molecule has 0 unspecified atom stereocenters. The van der Waals surface area contributed by atoms with Gasteiger partial charge >= 0.3 is 5.69 Å². The third-order valence-electron chi connectivity index (χ3n) is 2.66.